The predicted molar refractivity (Wildman–Crippen MR) is 67.1 cm³/mol. The van der Waals surface area contributed by atoms with Gasteiger partial charge >= 0.3 is 0 Å². The zero-order chi connectivity index (χ0) is 12.3. The molecular weight excluding hydrogens is 272 g/mol. The van der Waals surface area contributed by atoms with Crippen molar-refractivity contribution in [2.24, 2.45) is 0 Å². The minimum atomic E-state index is -0.613. The maximum atomic E-state index is 9.75. The van der Waals surface area contributed by atoms with Crippen LogP contribution < -0.4 is 9.47 Å². The van der Waals surface area contributed by atoms with Crippen LogP contribution in [0.25, 0.3) is 0 Å². The average molecular weight is 289 g/mol. The van der Waals surface area contributed by atoms with Gasteiger partial charge in [-0.15, -0.1) is 0 Å². The normalized spacial score (nSPS) is 12.7. The van der Waals surface area contributed by atoms with E-state index in [9.17, 15) is 5.11 Å². The molecular formula is C12H17BrO3. The van der Waals surface area contributed by atoms with Gasteiger partial charge in [0, 0.05) is 10.0 Å². The second-order valence-electron chi connectivity index (χ2n) is 3.84. The Kier molecular flexibility index (Phi) is 4.62. The molecule has 0 saturated heterocycles. The van der Waals surface area contributed by atoms with Crippen LogP contribution in [0.5, 0.6) is 11.5 Å². The third-order valence-corrected chi connectivity index (χ3v) is 2.79. The number of hydrogen-bond acceptors (Lipinski definition) is 3. The summed E-state index contributed by atoms with van der Waals surface area (Å²) < 4.78 is 11.7. The van der Waals surface area contributed by atoms with E-state index in [0.717, 1.165) is 4.47 Å². The minimum Gasteiger partial charge on any atom is -0.493 e. The first-order chi connectivity index (χ1) is 7.47. The van der Waals surface area contributed by atoms with Gasteiger partial charge < -0.3 is 14.6 Å². The molecule has 1 unspecified atom stereocenters. The Bertz CT molecular complexity index is 362. The molecule has 0 aliphatic heterocycles. The summed E-state index contributed by atoms with van der Waals surface area (Å²) >= 11 is 3.41. The smallest absolute Gasteiger partial charge is 0.168 e. The summed E-state index contributed by atoms with van der Waals surface area (Å²) in [6.07, 6.45) is -0.584. The van der Waals surface area contributed by atoms with Gasteiger partial charge in [0.2, 0.25) is 0 Å². The molecule has 0 heterocycles. The summed E-state index contributed by atoms with van der Waals surface area (Å²) in [7, 11) is 1.59. The van der Waals surface area contributed by atoms with Gasteiger partial charge in [0.15, 0.2) is 11.5 Å². The highest BCUT2D eigenvalue weighted by Gasteiger charge is 2.19. The van der Waals surface area contributed by atoms with E-state index in [1.54, 1.807) is 14.0 Å². The van der Waals surface area contributed by atoms with Crippen molar-refractivity contribution in [3.05, 3.63) is 22.2 Å². The molecule has 3 nitrogen and oxygen atoms in total. The van der Waals surface area contributed by atoms with Crippen LogP contribution in [-0.2, 0) is 0 Å². The van der Waals surface area contributed by atoms with E-state index in [0.29, 0.717) is 17.1 Å². The first kappa shape index (κ1) is 13.3. The van der Waals surface area contributed by atoms with Crippen LogP contribution >= 0.6 is 15.9 Å². The van der Waals surface area contributed by atoms with Crippen LogP contribution in [0.1, 0.15) is 32.4 Å². The van der Waals surface area contributed by atoms with E-state index in [1.807, 2.05) is 26.0 Å². The lowest BCUT2D eigenvalue weighted by molar-refractivity contribution is 0.178. The predicted octanol–water partition coefficient (Wildman–Crippen LogP) is 3.30. The Morgan fingerprint density at radius 1 is 1.25 bits per heavy atom. The number of methoxy groups -OCH3 is 1. The summed E-state index contributed by atoms with van der Waals surface area (Å²) in [5.74, 6) is 1.23. The number of halogens is 1. The Labute approximate surface area is 105 Å². The molecule has 16 heavy (non-hydrogen) atoms. The highest BCUT2D eigenvalue weighted by Crippen LogP contribution is 2.40. The Morgan fingerprint density at radius 2 is 1.88 bits per heavy atom. The average Bonchev–Trinajstić information content (AvgIpc) is 2.16. The van der Waals surface area contributed by atoms with Crippen molar-refractivity contribution in [2.45, 2.75) is 33.0 Å². The van der Waals surface area contributed by atoms with Crippen LogP contribution in [0.2, 0.25) is 0 Å². The van der Waals surface area contributed by atoms with Gasteiger partial charge in [-0.3, -0.25) is 0 Å². The lowest BCUT2D eigenvalue weighted by Gasteiger charge is -2.20. The van der Waals surface area contributed by atoms with E-state index in [1.165, 1.54) is 0 Å². The highest BCUT2D eigenvalue weighted by molar-refractivity contribution is 9.10. The molecule has 0 spiro atoms. The molecule has 0 aliphatic carbocycles. The van der Waals surface area contributed by atoms with Crippen LogP contribution in [0.15, 0.2) is 16.6 Å². The van der Waals surface area contributed by atoms with Crippen LogP contribution in [-0.4, -0.2) is 18.3 Å². The van der Waals surface area contributed by atoms with E-state index >= 15 is 0 Å². The summed E-state index contributed by atoms with van der Waals surface area (Å²) in [5.41, 5.74) is 0.716. The van der Waals surface area contributed by atoms with E-state index in [4.69, 9.17) is 9.47 Å². The van der Waals surface area contributed by atoms with Crippen LogP contribution in [0, 0.1) is 0 Å². The second kappa shape index (κ2) is 5.55. The number of aliphatic hydroxyl groups is 1. The van der Waals surface area contributed by atoms with Crippen molar-refractivity contribution in [1.29, 1.82) is 0 Å². The lowest BCUT2D eigenvalue weighted by atomic mass is 10.1. The Hall–Kier alpha value is -0.740. The maximum Gasteiger partial charge on any atom is 0.168 e. The van der Waals surface area contributed by atoms with Crippen LogP contribution in [0.3, 0.4) is 0 Å². The van der Waals surface area contributed by atoms with Gasteiger partial charge in [-0.25, -0.2) is 0 Å². The van der Waals surface area contributed by atoms with Crippen LogP contribution in [0.4, 0.5) is 0 Å². The minimum absolute atomic E-state index is 0.0284. The fraction of sp³-hybridized carbons (Fsp3) is 0.500. The largest absolute Gasteiger partial charge is 0.493 e. The van der Waals surface area contributed by atoms with Gasteiger partial charge in [-0.1, -0.05) is 15.9 Å². The topological polar surface area (TPSA) is 38.7 Å². The van der Waals surface area contributed by atoms with Gasteiger partial charge in [-0.2, -0.15) is 0 Å². The molecule has 1 aromatic rings. The van der Waals surface area contributed by atoms with Crippen molar-refractivity contribution in [3.8, 4) is 11.5 Å². The molecule has 4 heteroatoms. The first-order valence-corrected chi connectivity index (χ1v) is 5.97. The molecule has 90 valence electrons. The fourth-order valence-corrected chi connectivity index (χ4v) is 2.11. The molecule has 0 aromatic heterocycles. The van der Waals surface area contributed by atoms with Crippen molar-refractivity contribution in [1.82, 2.24) is 0 Å². The van der Waals surface area contributed by atoms with Gasteiger partial charge in [0.1, 0.15) is 0 Å². The monoisotopic (exact) mass is 288 g/mol. The molecule has 0 saturated carbocycles. The third-order valence-electron chi connectivity index (χ3n) is 2.10. The van der Waals surface area contributed by atoms with Crippen molar-refractivity contribution in [2.75, 3.05) is 7.11 Å². The molecule has 1 N–H and O–H groups in total. The van der Waals surface area contributed by atoms with E-state index in [-0.39, 0.29) is 6.10 Å². The standard InChI is InChI=1S/C12H17BrO3/c1-7(2)16-12-10(15-4)6-5-9(13)11(12)8(3)14/h5-8,14H,1-4H3. The molecule has 0 fully saturated rings. The number of aliphatic hydroxyl groups excluding tert-OH is 1. The van der Waals surface area contributed by atoms with Crippen molar-refractivity contribution >= 4 is 15.9 Å². The van der Waals surface area contributed by atoms with E-state index < -0.39 is 6.10 Å². The summed E-state index contributed by atoms with van der Waals surface area (Å²) in [5, 5.41) is 9.75. The molecule has 1 aromatic carbocycles. The van der Waals surface area contributed by atoms with E-state index in [2.05, 4.69) is 15.9 Å². The van der Waals surface area contributed by atoms with Gasteiger partial charge in [0.05, 0.1) is 19.3 Å². The van der Waals surface area contributed by atoms with Gasteiger partial charge in [-0.05, 0) is 32.9 Å². The van der Waals surface area contributed by atoms with Crippen molar-refractivity contribution < 1.29 is 14.6 Å². The SMILES string of the molecule is COc1ccc(Br)c(C(C)O)c1OC(C)C. The number of benzene rings is 1. The fourth-order valence-electron chi connectivity index (χ4n) is 1.46. The zero-order valence-electron chi connectivity index (χ0n) is 9.95. The highest BCUT2D eigenvalue weighted by atomic mass is 79.9. The molecule has 1 atom stereocenters. The lowest BCUT2D eigenvalue weighted by Crippen LogP contribution is -2.10. The first-order valence-electron chi connectivity index (χ1n) is 5.18. The molecule has 0 radical (unpaired) electrons. The third kappa shape index (κ3) is 2.89. The number of rotatable bonds is 4. The Morgan fingerprint density at radius 3 is 2.31 bits per heavy atom. The van der Waals surface area contributed by atoms with Crippen molar-refractivity contribution in [3.63, 3.8) is 0 Å². The quantitative estimate of drug-likeness (QED) is 0.924. The molecule has 0 aliphatic rings. The summed E-state index contributed by atoms with van der Waals surface area (Å²) in [6, 6.07) is 3.65. The maximum absolute atomic E-state index is 9.75. The number of hydrogen-bond donors (Lipinski definition) is 1. The Balaban J connectivity index is 3.30. The second-order valence-corrected chi connectivity index (χ2v) is 4.69. The number of ether oxygens (including phenoxy) is 2. The molecule has 0 amide bonds. The molecule has 1 rings (SSSR count). The summed E-state index contributed by atoms with van der Waals surface area (Å²) in [6.45, 7) is 5.57. The summed E-state index contributed by atoms with van der Waals surface area (Å²) in [4.78, 5) is 0. The molecule has 0 bridgehead atoms. The van der Waals surface area contributed by atoms with Gasteiger partial charge in [0.25, 0.3) is 0 Å². The zero-order valence-corrected chi connectivity index (χ0v) is 11.5.